The lowest BCUT2D eigenvalue weighted by Gasteiger charge is -2.08. The first-order valence-electron chi connectivity index (χ1n) is 7.25. The molecule has 0 aliphatic carbocycles. The van der Waals surface area contributed by atoms with Crippen LogP contribution < -0.4 is 15.8 Å². The van der Waals surface area contributed by atoms with E-state index in [4.69, 9.17) is 10.5 Å². The highest BCUT2D eigenvalue weighted by atomic mass is 16.5. The first kappa shape index (κ1) is 17.2. The van der Waals surface area contributed by atoms with Crippen LogP contribution in [0.4, 0.5) is 0 Å². The van der Waals surface area contributed by atoms with Crippen molar-refractivity contribution in [3.8, 4) is 5.75 Å². The molecule has 21 heavy (non-hydrogen) atoms. The molecule has 116 valence electrons. The Balaban J connectivity index is 2.20. The molecule has 0 bridgehead atoms. The summed E-state index contributed by atoms with van der Waals surface area (Å²) in [5, 5.41) is 2.82. The maximum absolute atomic E-state index is 11.5. The van der Waals surface area contributed by atoms with Crippen LogP contribution in [0.2, 0.25) is 0 Å². The van der Waals surface area contributed by atoms with Gasteiger partial charge in [-0.05, 0) is 38.8 Å². The Kier molecular flexibility index (Phi) is 7.46. The average Bonchev–Trinajstić information content (AvgIpc) is 2.43. The highest BCUT2D eigenvalue weighted by Crippen LogP contribution is 2.14. The van der Waals surface area contributed by atoms with Crippen molar-refractivity contribution in [1.82, 2.24) is 5.32 Å². The monoisotopic (exact) mass is 292 g/mol. The van der Waals surface area contributed by atoms with E-state index in [0.29, 0.717) is 37.3 Å². The van der Waals surface area contributed by atoms with Crippen LogP contribution in [0, 0.1) is 0 Å². The molecule has 1 rings (SSSR count). The summed E-state index contributed by atoms with van der Waals surface area (Å²) in [6.07, 6.45) is 1.83. The number of nitrogens with one attached hydrogen (secondary N) is 1. The minimum Gasteiger partial charge on any atom is -0.494 e. The zero-order valence-electron chi connectivity index (χ0n) is 12.7. The van der Waals surface area contributed by atoms with Crippen molar-refractivity contribution in [2.24, 2.45) is 5.73 Å². The van der Waals surface area contributed by atoms with E-state index in [1.165, 1.54) is 6.92 Å². The highest BCUT2D eigenvalue weighted by molar-refractivity contribution is 5.94. The van der Waals surface area contributed by atoms with Crippen LogP contribution in [-0.4, -0.2) is 30.9 Å². The fourth-order valence-corrected chi connectivity index (χ4v) is 1.76. The molecule has 0 aromatic heterocycles. The van der Waals surface area contributed by atoms with E-state index in [2.05, 4.69) is 5.32 Å². The van der Waals surface area contributed by atoms with Gasteiger partial charge < -0.3 is 15.8 Å². The summed E-state index contributed by atoms with van der Waals surface area (Å²) in [6.45, 7) is 4.49. The predicted octanol–water partition coefficient (Wildman–Crippen LogP) is 1.90. The lowest BCUT2D eigenvalue weighted by atomic mass is 10.1. The summed E-state index contributed by atoms with van der Waals surface area (Å²) in [5.41, 5.74) is 6.23. The number of ether oxygens (including phenoxy) is 1. The summed E-state index contributed by atoms with van der Waals surface area (Å²) >= 11 is 0. The molecule has 5 heteroatoms. The standard InChI is InChI=1S/C16H24N2O3/c1-12(17)8-9-18-16(20)7-4-10-21-15-6-3-5-14(11-15)13(2)19/h3,5-6,11-12H,4,7-10,17H2,1-2H3,(H,18,20). The van der Waals surface area contributed by atoms with Gasteiger partial charge in [0.2, 0.25) is 5.91 Å². The number of carbonyl (C=O) groups excluding carboxylic acids is 2. The first-order chi connectivity index (χ1) is 9.99. The molecule has 0 aliphatic heterocycles. The van der Waals surface area contributed by atoms with Crippen molar-refractivity contribution in [2.75, 3.05) is 13.2 Å². The van der Waals surface area contributed by atoms with Crippen LogP contribution in [0.3, 0.4) is 0 Å². The summed E-state index contributed by atoms with van der Waals surface area (Å²) < 4.78 is 5.54. The van der Waals surface area contributed by atoms with Gasteiger partial charge >= 0.3 is 0 Å². The smallest absolute Gasteiger partial charge is 0.220 e. The van der Waals surface area contributed by atoms with Crippen LogP contribution in [0.25, 0.3) is 0 Å². The molecule has 0 heterocycles. The zero-order valence-corrected chi connectivity index (χ0v) is 12.7. The molecule has 0 spiro atoms. The van der Waals surface area contributed by atoms with Crippen molar-refractivity contribution in [3.05, 3.63) is 29.8 Å². The summed E-state index contributed by atoms with van der Waals surface area (Å²) in [4.78, 5) is 22.8. The summed E-state index contributed by atoms with van der Waals surface area (Å²) in [6, 6.07) is 7.15. The Hall–Kier alpha value is -1.88. The van der Waals surface area contributed by atoms with Gasteiger partial charge in [0, 0.05) is 24.6 Å². The number of hydrogen-bond acceptors (Lipinski definition) is 4. The molecular formula is C16H24N2O3. The quantitative estimate of drug-likeness (QED) is 0.538. The molecule has 0 saturated heterocycles. The lowest BCUT2D eigenvalue weighted by Crippen LogP contribution is -2.28. The maximum atomic E-state index is 11.5. The lowest BCUT2D eigenvalue weighted by molar-refractivity contribution is -0.121. The minimum atomic E-state index is 0.00830. The maximum Gasteiger partial charge on any atom is 0.220 e. The van der Waals surface area contributed by atoms with Crippen molar-refractivity contribution in [3.63, 3.8) is 0 Å². The number of Topliss-reactive ketones (excluding diaryl/α,β-unsaturated/α-hetero) is 1. The second-order valence-corrected chi connectivity index (χ2v) is 5.15. The third-order valence-electron chi connectivity index (χ3n) is 2.98. The molecular weight excluding hydrogens is 268 g/mol. The zero-order chi connectivity index (χ0) is 15.7. The largest absolute Gasteiger partial charge is 0.494 e. The van der Waals surface area contributed by atoms with Gasteiger partial charge in [0.1, 0.15) is 5.75 Å². The number of benzene rings is 1. The van der Waals surface area contributed by atoms with Crippen molar-refractivity contribution >= 4 is 11.7 Å². The number of ketones is 1. The van der Waals surface area contributed by atoms with Gasteiger partial charge in [-0.2, -0.15) is 0 Å². The summed E-state index contributed by atoms with van der Waals surface area (Å²) in [5.74, 6) is 0.672. The fraction of sp³-hybridized carbons (Fsp3) is 0.500. The number of amides is 1. The first-order valence-corrected chi connectivity index (χ1v) is 7.25. The Morgan fingerprint density at radius 2 is 2.14 bits per heavy atom. The van der Waals surface area contributed by atoms with Gasteiger partial charge in [-0.3, -0.25) is 9.59 Å². The molecule has 1 atom stereocenters. The van der Waals surface area contributed by atoms with Crippen molar-refractivity contribution < 1.29 is 14.3 Å². The second kappa shape index (κ2) is 9.13. The number of nitrogens with two attached hydrogens (primary N) is 1. The Labute approximate surface area is 125 Å². The SMILES string of the molecule is CC(=O)c1cccc(OCCCC(=O)NCCC(C)N)c1. The van der Waals surface area contributed by atoms with E-state index in [9.17, 15) is 9.59 Å². The Morgan fingerprint density at radius 1 is 1.38 bits per heavy atom. The van der Waals surface area contributed by atoms with E-state index < -0.39 is 0 Å². The molecule has 0 radical (unpaired) electrons. The van der Waals surface area contributed by atoms with E-state index in [1.54, 1.807) is 24.3 Å². The molecule has 0 fully saturated rings. The van der Waals surface area contributed by atoms with E-state index in [-0.39, 0.29) is 17.7 Å². The molecule has 1 aromatic rings. The number of hydrogen-bond donors (Lipinski definition) is 2. The van der Waals surface area contributed by atoms with Crippen molar-refractivity contribution in [2.45, 2.75) is 39.2 Å². The third kappa shape index (κ3) is 7.46. The minimum absolute atomic E-state index is 0.00830. The molecule has 1 aromatic carbocycles. The van der Waals surface area contributed by atoms with Gasteiger partial charge in [-0.1, -0.05) is 12.1 Å². The molecule has 1 amide bonds. The van der Waals surface area contributed by atoms with Crippen LogP contribution in [0.5, 0.6) is 5.75 Å². The Morgan fingerprint density at radius 3 is 2.81 bits per heavy atom. The molecule has 0 aliphatic rings. The van der Waals surface area contributed by atoms with Gasteiger partial charge in [0.05, 0.1) is 6.61 Å². The topological polar surface area (TPSA) is 81.4 Å². The van der Waals surface area contributed by atoms with Gasteiger partial charge in [0.25, 0.3) is 0 Å². The number of rotatable bonds is 9. The van der Waals surface area contributed by atoms with Gasteiger partial charge in [-0.25, -0.2) is 0 Å². The third-order valence-corrected chi connectivity index (χ3v) is 2.98. The highest BCUT2D eigenvalue weighted by Gasteiger charge is 2.03. The molecule has 3 N–H and O–H groups in total. The van der Waals surface area contributed by atoms with Gasteiger partial charge in [0.15, 0.2) is 5.78 Å². The van der Waals surface area contributed by atoms with Crippen LogP contribution >= 0.6 is 0 Å². The molecule has 5 nitrogen and oxygen atoms in total. The van der Waals surface area contributed by atoms with Crippen molar-refractivity contribution in [1.29, 1.82) is 0 Å². The van der Waals surface area contributed by atoms with Crippen LogP contribution in [0.15, 0.2) is 24.3 Å². The van der Waals surface area contributed by atoms with Crippen LogP contribution in [-0.2, 0) is 4.79 Å². The average molecular weight is 292 g/mol. The normalized spacial score (nSPS) is 11.8. The molecule has 1 unspecified atom stereocenters. The second-order valence-electron chi connectivity index (χ2n) is 5.15. The molecule has 0 saturated carbocycles. The van der Waals surface area contributed by atoms with E-state index in [1.807, 2.05) is 6.92 Å². The van der Waals surface area contributed by atoms with Gasteiger partial charge in [-0.15, -0.1) is 0 Å². The predicted molar refractivity (Wildman–Crippen MR) is 82.5 cm³/mol. The summed E-state index contributed by atoms with van der Waals surface area (Å²) in [7, 11) is 0. The van der Waals surface area contributed by atoms with E-state index in [0.717, 1.165) is 6.42 Å². The Bertz CT molecular complexity index is 472. The number of carbonyl (C=O) groups is 2. The van der Waals surface area contributed by atoms with Crippen LogP contribution in [0.1, 0.15) is 43.5 Å². The van der Waals surface area contributed by atoms with E-state index >= 15 is 0 Å². The fourth-order valence-electron chi connectivity index (χ4n) is 1.76.